The van der Waals surface area contributed by atoms with Crippen LogP contribution < -0.4 is 15.5 Å². The molecule has 1 heterocycles. The molecule has 0 atom stereocenters. The fraction of sp³-hybridized carbons (Fsp3) is 0.294. The Balaban J connectivity index is 1.91. The summed E-state index contributed by atoms with van der Waals surface area (Å²) in [5.74, 6) is 1.30. The molecule has 0 bridgehead atoms. The van der Waals surface area contributed by atoms with Crippen molar-refractivity contribution < 1.29 is 4.39 Å². The van der Waals surface area contributed by atoms with Crippen LogP contribution in [0.5, 0.6) is 0 Å². The number of hydrogen-bond acceptors (Lipinski definition) is 3. The van der Waals surface area contributed by atoms with Crippen molar-refractivity contribution >= 4 is 11.8 Å². The molecule has 0 unspecified atom stereocenters. The molecular weight excluding hydrogens is 293 g/mol. The van der Waals surface area contributed by atoms with Gasteiger partial charge in [-0.2, -0.15) is 0 Å². The summed E-state index contributed by atoms with van der Waals surface area (Å²) in [7, 11) is 5.59. The SMILES string of the molecule is CN=C(NCc1ccnc(N(C)C)c1)NCc1ccccc1F. The Morgan fingerprint density at radius 1 is 1.17 bits per heavy atom. The lowest BCUT2D eigenvalue weighted by Gasteiger charge is -2.14. The van der Waals surface area contributed by atoms with E-state index in [0.29, 0.717) is 24.6 Å². The Labute approximate surface area is 136 Å². The van der Waals surface area contributed by atoms with Crippen molar-refractivity contribution in [1.82, 2.24) is 15.6 Å². The first kappa shape index (κ1) is 16.7. The standard InChI is InChI=1S/C17H22FN5/c1-19-17(22-12-14-6-4-5-7-15(14)18)21-11-13-8-9-20-16(10-13)23(2)3/h4-10H,11-12H2,1-3H3,(H2,19,21,22). The van der Waals surface area contributed by atoms with Gasteiger partial charge in [0, 0.05) is 46.0 Å². The van der Waals surface area contributed by atoms with Crippen molar-refractivity contribution in [3.05, 3.63) is 59.5 Å². The summed E-state index contributed by atoms with van der Waals surface area (Å²) in [5.41, 5.74) is 1.70. The van der Waals surface area contributed by atoms with Gasteiger partial charge in [0.15, 0.2) is 5.96 Å². The van der Waals surface area contributed by atoms with Gasteiger partial charge in [-0.3, -0.25) is 4.99 Å². The smallest absolute Gasteiger partial charge is 0.191 e. The third-order valence-electron chi connectivity index (χ3n) is 3.36. The Morgan fingerprint density at radius 3 is 2.61 bits per heavy atom. The molecule has 6 heteroatoms. The second-order valence-electron chi connectivity index (χ2n) is 5.29. The molecule has 0 saturated heterocycles. The summed E-state index contributed by atoms with van der Waals surface area (Å²) in [6, 6.07) is 10.7. The van der Waals surface area contributed by atoms with Gasteiger partial charge >= 0.3 is 0 Å². The van der Waals surface area contributed by atoms with Gasteiger partial charge < -0.3 is 15.5 Å². The Bertz CT molecular complexity index is 670. The van der Waals surface area contributed by atoms with Crippen LogP contribution in [-0.4, -0.2) is 32.1 Å². The number of pyridine rings is 1. The van der Waals surface area contributed by atoms with E-state index in [1.54, 1.807) is 25.4 Å². The largest absolute Gasteiger partial charge is 0.363 e. The molecule has 0 radical (unpaired) electrons. The molecule has 23 heavy (non-hydrogen) atoms. The van der Waals surface area contributed by atoms with Gasteiger partial charge in [-0.25, -0.2) is 9.37 Å². The van der Waals surface area contributed by atoms with Gasteiger partial charge in [-0.1, -0.05) is 18.2 Å². The Morgan fingerprint density at radius 2 is 1.91 bits per heavy atom. The topological polar surface area (TPSA) is 52.6 Å². The Kier molecular flexibility index (Phi) is 5.91. The van der Waals surface area contributed by atoms with Crippen molar-refractivity contribution in [1.29, 1.82) is 0 Å². The van der Waals surface area contributed by atoms with E-state index < -0.39 is 0 Å². The number of nitrogens with one attached hydrogen (secondary N) is 2. The minimum atomic E-state index is -0.222. The highest BCUT2D eigenvalue weighted by atomic mass is 19.1. The van der Waals surface area contributed by atoms with Crippen molar-refractivity contribution in [2.24, 2.45) is 4.99 Å². The highest BCUT2D eigenvalue weighted by Gasteiger charge is 2.04. The first-order valence-electron chi connectivity index (χ1n) is 7.40. The quantitative estimate of drug-likeness (QED) is 0.656. The summed E-state index contributed by atoms with van der Waals surface area (Å²) in [6.07, 6.45) is 1.78. The van der Waals surface area contributed by atoms with E-state index in [1.165, 1.54) is 6.07 Å². The van der Waals surface area contributed by atoms with E-state index in [-0.39, 0.29) is 5.82 Å². The minimum absolute atomic E-state index is 0.222. The summed E-state index contributed by atoms with van der Waals surface area (Å²) < 4.78 is 13.6. The molecule has 0 aliphatic heterocycles. The average molecular weight is 315 g/mol. The zero-order chi connectivity index (χ0) is 16.7. The van der Waals surface area contributed by atoms with Crippen molar-refractivity contribution in [2.45, 2.75) is 13.1 Å². The van der Waals surface area contributed by atoms with Crippen LogP contribution >= 0.6 is 0 Å². The van der Waals surface area contributed by atoms with Crippen molar-refractivity contribution in [3.63, 3.8) is 0 Å². The first-order valence-corrected chi connectivity index (χ1v) is 7.40. The number of aliphatic imine (C=N–C) groups is 1. The van der Waals surface area contributed by atoms with Crippen molar-refractivity contribution in [3.8, 4) is 0 Å². The molecule has 5 nitrogen and oxygen atoms in total. The van der Waals surface area contributed by atoms with E-state index in [9.17, 15) is 4.39 Å². The predicted octanol–water partition coefficient (Wildman–Crippen LogP) is 2.15. The van der Waals surface area contributed by atoms with Crippen LogP contribution in [0.2, 0.25) is 0 Å². The summed E-state index contributed by atoms with van der Waals surface area (Å²) in [6.45, 7) is 0.992. The van der Waals surface area contributed by atoms with Gasteiger partial charge in [0.05, 0.1) is 0 Å². The third kappa shape index (κ3) is 4.95. The van der Waals surface area contributed by atoms with Crippen LogP contribution in [0.3, 0.4) is 0 Å². The van der Waals surface area contributed by atoms with Gasteiger partial charge in [0.2, 0.25) is 0 Å². The molecule has 2 rings (SSSR count). The van der Waals surface area contributed by atoms with Crippen LogP contribution in [0.15, 0.2) is 47.6 Å². The molecule has 2 N–H and O–H groups in total. The zero-order valence-electron chi connectivity index (χ0n) is 13.7. The highest BCUT2D eigenvalue weighted by molar-refractivity contribution is 5.79. The second-order valence-corrected chi connectivity index (χ2v) is 5.29. The number of halogens is 1. The maximum Gasteiger partial charge on any atom is 0.191 e. The number of anilines is 1. The van der Waals surface area contributed by atoms with Gasteiger partial charge in [0.25, 0.3) is 0 Å². The predicted molar refractivity (Wildman–Crippen MR) is 92.0 cm³/mol. The zero-order valence-corrected chi connectivity index (χ0v) is 13.7. The Hall–Kier alpha value is -2.63. The monoisotopic (exact) mass is 315 g/mol. The lowest BCUT2D eigenvalue weighted by atomic mass is 10.2. The van der Waals surface area contributed by atoms with Crippen molar-refractivity contribution in [2.75, 3.05) is 26.0 Å². The van der Waals surface area contributed by atoms with E-state index in [2.05, 4.69) is 20.6 Å². The number of hydrogen-bond donors (Lipinski definition) is 2. The molecule has 0 fully saturated rings. The lowest BCUT2D eigenvalue weighted by molar-refractivity contribution is 0.604. The lowest BCUT2D eigenvalue weighted by Crippen LogP contribution is -2.36. The van der Waals surface area contributed by atoms with Crippen LogP contribution in [0.4, 0.5) is 10.2 Å². The second kappa shape index (κ2) is 8.12. The van der Waals surface area contributed by atoms with Gasteiger partial charge in [0.1, 0.15) is 11.6 Å². The van der Waals surface area contributed by atoms with Crippen LogP contribution in [0.1, 0.15) is 11.1 Å². The summed E-state index contributed by atoms with van der Waals surface area (Å²) in [5, 5.41) is 6.32. The van der Waals surface area contributed by atoms with E-state index in [0.717, 1.165) is 11.4 Å². The molecule has 122 valence electrons. The fourth-order valence-electron chi connectivity index (χ4n) is 2.04. The van der Waals surface area contributed by atoms with Crippen LogP contribution in [0, 0.1) is 5.82 Å². The molecule has 1 aromatic heterocycles. The van der Waals surface area contributed by atoms with Gasteiger partial charge in [-0.15, -0.1) is 0 Å². The molecule has 1 aromatic carbocycles. The van der Waals surface area contributed by atoms with E-state index in [4.69, 9.17) is 0 Å². The molecule has 0 spiro atoms. The first-order chi connectivity index (χ1) is 11.1. The maximum absolute atomic E-state index is 13.6. The molecule has 0 aliphatic carbocycles. The summed E-state index contributed by atoms with van der Waals surface area (Å²) >= 11 is 0. The number of aromatic nitrogens is 1. The average Bonchev–Trinajstić information content (AvgIpc) is 2.56. The van der Waals surface area contributed by atoms with Crippen LogP contribution in [0.25, 0.3) is 0 Å². The van der Waals surface area contributed by atoms with Gasteiger partial charge in [-0.05, 0) is 23.8 Å². The summed E-state index contributed by atoms with van der Waals surface area (Å²) in [4.78, 5) is 10.4. The normalized spacial score (nSPS) is 11.2. The number of benzene rings is 1. The number of nitrogens with zero attached hydrogens (tertiary/aromatic N) is 3. The number of guanidine groups is 1. The fourth-order valence-corrected chi connectivity index (χ4v) is 2.04. The van der Waals surface area contributed by atoms with E-state index in [1.807, 2.05) is 37.2 Å². The van der Waals surface area contributed by atoms with E-state index >= 15 is 0 Å². The molecule has 0 saturated carbocycles. The molecule has 0 aliphatic rings. The molecular formula is C17H22FN5. The molecule has 0 amide bonds. The van der Waals surface area contributed by atoms with Crippen LogP contribution in [-0.2, 0) is 13.1 Å². The minimum Gasteiger partial charge on any atom is -0.363 e. The number of rotatable bonds is 5. The highest BCUT2D eigenvalue weighted by Crippen LogP contribution is 2.09. The maximum atomic E-state index is 13.6. The molecule has 2 aromatic rings. The third-order valence-corrected chi connectivity index (χ3v) is 3.36.